The van der Waals surface area contributed by atoms with Gasteiger partial charge in [0.2, 0.25) is 0 Å². The molecule has 94 valence electrons. The number of thiocarbonyl (C=S) groups is 1. The van der Waals surface area contributed by atoms with E-state index in [0.29, 0.717) is 4.99 Å². The van der Waals surface area contributed by atoms with Gasteiger partial charge in [-0.25, -0.2) is 0 Å². The van der Waals surface area contributed by atoms with Crippen molar-refractivity contribution in [2.75, 3.05) is 11.9 Å². The topological polar surface area (TPSA) is 50.9 Å². The predicted molar refractivity (Wildman–Crippen MR) is 81.6 cm³/mol. The van der Waals surface area contributed by atoms with Crippen molar-refractivity contribution in [2.45, 2.75) is 6.42 Å². The predicted octanol–water partition coefficient (Wildman–Crippen LogP) is 3.09. The standard InChI is InChI=1S/C12H12ClN3S2/c13-11-2-1-8(18-11)3-6-16-10-7-15-5-4-9(10)12(14)17/h1-2,4-5,7,16H,3,6H2,(H2,14,17). The Kier molecular flexibility index (Phi) is 4.52. The monoisotopic (exact) mass is 297 g/mol. The van der Waals surface area contributed by atoms with Crippen LogP contribution in [0.25, 0.3) is 0 Å². The fourth-order valence-electron chi connectivity index (χ4n) is 1.56. The molecule has 2 aromatic rings. The number of nitrogens with one attached hydrogen (secondary N) is 1. The summed E-state index contributed by atoms with van der Waals surface area (Å²) < 4.78 is 0.815. The van der Waals surface area contributed by atoms with E-state index in [1.807, 2.05) is 18.2 Å². The van der Waals surface area contributed by atoms with Crippen LogP contribution in [0, 0.1) is 0 Å². The third-order valence-electron chi connectivity index (χ3n) is 2.40. The largest absolute Gasteiger partial charge is 0.389 e. The van der Waals surface area contributed by atoms with Crippen molar-refractivity contribution in [3.05, 3.63) is 45.4 Å². The molecule has 6 heteroatoms. The summed E-state index contributed by atoms with van der Waals surface area (Å²) in [6.45, 7) is 0.790. The number of aromatic nitrogens is 1. The summed E-state index contributed by atoms with van der Waals surface area (Å²) in [5.41, 5.74) is 7.34. The summed E-state index contributed by atoms with van der Waals surface area (Å²) in [6.07, 6.45) is 4.32. The first-order chi connectivity index (χ1) is 8.66. The van der Waals surface area contributed by atoms with Gasteiger partial charge in [0.25, 0.3) is 0 Å². The lowest BCUT2D eigenvalue weighted by molar-refractivity contribution is 1.04. The van der Waals surface area contributed by atoms with E-state index in [-0.39, 0.29) is 0 Å². The first-order valence-electron chi connectivity index (χ1n) is 5.38. The Labute approximate surface area is 120 Å². The van der Waals surface area contributed by atoms with Gasteiger partial charge in [0.15, 0.2) is 0 Å². The van der Waals surface area contributed by atoms with E-state index < -0.39 is 0 Å². The quantitative estimate of drug-likeness (QED) is 0.833. The first kappa shape index (κ1) is 13.3. The van der Waals surface area contributed by atoms with E-state index in [2.05, 4.69) is 10.3 Å². The zero-order valence-electron chi connectivity index (χ0n) is 9.52. The maximum absolute atomic E-state index is 5.88. The highest BCUT2D eigenvalue weighted by Crippen LogP contribution is 2.22. The minimum atomic E-state index is 0.374. The number of pyridine rings is 1. The number of hydrogen-bond donors (Lipinski definition) is 2. The summed E-state index contributed by atoms with van der Waals surface area (Å²) >= 11 is 12.5. The smallest absolute Gasteiger partial charge is 0.106 e. The molecule has 18 heavy (non-hydrogen) atoms. The van der Waals surface area contributed by atoms with Crippen LogP contribution in [0.5, 0.6) is 0 Å². The average molecular weight is 298 g/mol. The molecule has 2 heterocycles. The Morgan fingerprint density at radius 1 is 1.44 bits per heavy atom. The molecule has 0 amide bonds. The molecule has 0 aliphatic carbocycles. The van der Waals surface area contributed by atoms with Crippen molar-refractivity contribution in [2.24, 2.45) is 5.73 Å². The lowest BCUT2D eigenvalue weighted by Gasteiger charge is -2.09. The van der Waals surface area contributed by atoms with Gasteiger partial charge < -0.3 is 11.1 Å². The minimum Gasteiger partial charge on any atom is -0.389 e. The second kappa shape index (κ2) is 6.13. The summed E-state index contributed by atoms with van der Waals surface area (Å²) in [5.74, 6) is 0. The third-order valence-corrected chi connectivity index (χ3v) is 3.91. The Hall–Kier alpha value is -1.17. The van der Waals surface area contributed by atoms with Crippen LogP contribution in [0.15, 0.2) is 30.6 Å². The maximum Gasteiger partial charge on any atom is 0.106 e. The normalized spacial score (nSPS) is 10.3. The van der Waals surface area contributed by atoms with E-state index in [4.69, 9.17) is 29.6 Å². The fraction of sp³-hybridized carbons (Fsp3) is 0.167. The second-order valence-corrected chi connectivity index (χ2v) is 5.91. The highest BCUT2D eigenvalue weighted by molar-refractivity contribution is 7.80. The Morgan fingerprint density at radius 3 is 2.94 bits per heavy atom. The fourth-order valence-corrected chi connectivity index (χ4v) is 2.82. The molecule has 0 radical (unpaired) electrons. The Morgan fingerprint density at radius 2 is 2.28 bits per heavy atom. The van der Waals surface area contributed by atoms with E-state index in [1.165, 1.54) is 4.88 Å². The van der Waals surface area contributed by atoms with Crippen LogP contribution in [-0.4, -0.2) is 16.5 Å². The zero-order chi connectivity index (χ0) is 13.0. The van der Waals surface area contributed by atoms with Gasteiger partial charge in [-0.2, -0.15) is 0 Å². The van der Waals surface area contributed by atoms with Crippen molar-refractivity contribution in [3.63, 3.8) is 0 Å². The van der Waals surface area contributed by atoms with Crippen LogP contribution < -0.4 is 11.1 Å². The van der Waals surface area contributed by atoms with Crippen LogP contribution in [0.2, 0.25) is 4.34 Å². The van der Waals surface area contributed by atoms with Gasteiger partial charge in [-0.3, -0.25) is 4.98 Å². The van der Waals surface area contributed by atoms with Crippen molar-refractivity contribution in [1.29, 1.82) is 0 Å². The lowest BCUT2D eigenvalue weighted by Crippen LogP contribution is -2.14. The van der Waals surface area contributed by atoms with Gasteiger partial charge in [-0.1, -0.05) is 23.8 Å². The molecule has 3 nitrogen and oxygen atoms in total. The zero-order valence-corrected chi connectivity index (χ0v) is 11.9. The summed E-state index contributed by atoms with van der Waals surface area (Å²) in [5, 5.41) is 3.29. The number of thiophene rings is 1. The summed E-state index contributed by atoms with van der Waals surface area (Å²) in [4.78, 5) is 5.68. The lowest BCUT2D eigenvalue weighted by atomic mass is 10.2. The molecular weight excluding hydrogens is 286 g/mol. The van der Waals surface area contributed by atoms with Crippen molar-refractivity contribution in [3.8, 4) is 0 Å². The number of hydrogen-bond acceptors (Lipinski definition) is 4. The second-order valence-electron chi connectivity index (χ2n) is 3.67. The minimum absolute atomic E-state index is 0.374. The average Bonchev–Trinajstić information content (AvgIpc) is 2.75. The van der Waals surface area contributed by atoms with E-state index in [0.717, 1.165) is 28.6 Å². The SMILES string of the molecule is NC(=S)c1ccncc1NCCc1ccc(Cl)s1. The van der Waals surface area contributed by atoms with E-state index >= 15 is 0 Å². The number of anilines is 1. The van der Waals surface area contributed by atoms with Gasteiger partial charge in [-0.05, 0) is 24.6 Å². The maximum atomic E-state index is 5.88. The molecular formula is C12H12ClN3S2. The van der Waals surface area contributed by atoms with Gasteiger partial charge in [-0.15, -0.1) is 11.3 Å². The van der Waals surface area contributed by atoms with Gasteiger partial charge in [0.1, 0.15) is 4.99 Å². The molecule has 2 aromatic heterocycles. The van der Waals surface area contributed by atoms with Crippen LogP contribution in [0.4, 0.5) is 5.69 Å². The molecule has 2 rings (SSSR count). The van der Waals surface area contributed by atoms with Gasteiger partial charge in [0.05, 0.1) is 16.2 Å². The molecule has 0 bridgehead atoms. The van der Waals surface area contributed by atoms with Crippen LogP contribution >= 0.6 is 35.2 Å². The van der Waals surface area contributed by atoms with Crippen LogP contribution in [-0.2, 0) is 6.42 Å². The van der Waals surface area contributed by atoms with Gasteiger partial charge in [0, 0.05) is 23.2 Å². The molecule has 0 saturated heterocycles. The molecule has 0 aromatic carbocycles. The molecule has 3 N–H and O–H groups in total. The van der Waals surface area contributed by atoms with Crippen molar-refractivity contribution in [1.82, 2.24) is 4.98 Å². The summed E-state index contributed by atoms with van der Waals surface area (Å²) in [6, 6.07) is 5.76. The Balaban J connectivity index is 1.96. The van der Waals surface area contributed by atoms with Crippen LogP contribution in [0.3, 0.4) is 0 Å². The number of nitrogens with two attached hydrogens (primary N) is 1. The molecule has 0 unspecified atom stereocenters. The molecule has 0 atom stereocenters. The number of halogens is 1. The third kappa shape index (κ3) is 3.41. The summed E-state index contributed by atoms with van der Waals surface area (Å²) in [7, 11) is 0. The van der Waals surface area contributed by atoms with Crippen LogP contribution in [0.1, 0.15) is 10.4 Å². The molecule has 0 aliphatic rings. The molecule has 0 fully saturated rings. The van der Waals surface area contributed by atoms with E-state index in [9.17, 15) is 0 Å². The molecule has 0 spiro atoms. The van der Waals surface area contributed by atoms with Crippen molar-refractivity contribution < 1.29 is 0 Å². The number of rotatable bonds is 5. The highest BCUT2D eigenvalue weighted by Gasteiger charge is 2.04. The van der Waals surface area contributed by atoms with E-state index in [1.54, 1.807) is 23.7 Å². The Bertz CT molecular complexity index is 554. The first-order valence-corrected chi connectivity index (χ1v) is 6.99. The van der Waals surface area contributed by atoms with Crippen molar-refractivity contribution >= 4 is 45.8 Å². The molecule has 0 saturated carbocycles. The number of nitrogens with zero attached hydrogens (tertiary/aromatic N) is 1. The van der Waals surface area contributed by atoms with Gasteiger partial charge >= 0.3 is 0 Å². The highest BCUT2D eigenvalue weighted by atomic mass is 35.5. The molecule has 0 aliphatic heterocycles.